The van der Waals surface area contributed by atoms with Gasteiger partial charge in [-0.15, -0.1) is 12.4 Å². The Morgan fingerprint density at radius 3 is 2.36 bits per heavy atom. The van der Waals surface area contributed by atoms with Crippen molar-refractivity contribution in [3.8, 4) is 5.82 Å². The van der Waals surface area contributed by atoms with Gasteiger partial charge < -0.3 is 0 Å². The molecule has 0 aliphatic rings. The lowest BCUT2D eigenvalue weighted by Crippen LogP contribution is -1.99. The minimum absolute atomic E-state index is 0. The van der Waals surface area contributed by atoms with Crippen LogP contribution < -0.4 is 0 Å². The summed E-state index contributed by atoms with van der Waals surface area (Å²) in [5.74, 6) is 1.34. The van der Waals surface area contributed by atoms with Crippen molar-refractivity contribution in [1.29, 1.82) is 0 Å². The summed E-state index contributed by atoms with van der Waals surface area (Å²) in [5.41, 5.74) is 2.81. The van der Waals surface area contributed by atoms with Crippen molar-refractivity contribution in [1.82, 2.24) is 14.5 Å². The molecule has 0 saturated carbocycles. The number of rotatable bonds is 3. The van der Waals surface area contributed by atoms with Crippen LogP contribution in [0.1, 0.15) is 11.4 Å². The molecule has 0 N–H and O–H groups in total. The molecule has 0 unspecified atom stereocenters. The lowest BCUT2D eigenvalue weighted by molar-refractivity contribution is 0.628. The Kier molecular flexibility index (Phi) is 4.91. The van der Waals surface area contributed by atoms with Crippen molar-refractivity contribution in [3.63, 3.8) is 0 Å². The van der Waals surface area contributed by atoms with Crippen LogP contribution in [0.25, 0.3) is 29.0 Å². The van der Waals surface area contributed by atoms with Crippen LogP contribution in [0.5, 0.6) is 0 Å². The van der Waals surface area contributed by atoms with Gasteiger partial charge in [-0.3, -0.25) is 4.57 Å². The number of benzene rings is 2. The average molecular weight is 352 g/mol. The van der Waals surface area contributed by atoms with Gasteiger partial charge in [-0.2, -0.15) is 0 Å². The van der Waals surface area contributed by atoms with Crippen LogP contribution in [0.3, 0.4) is 0 Å². The molecule has 25 heavy (non-hydrogen) atoms. The first-order chi connectivity index (χ1) is 11.8. The third-order valence-corrected chi connectivity index (χ3v) is 3.76. The predicted octanol–water partition coefficient (Wildman–Crippen LogP) is 5.15. The van der Waals surface area contributed by atoms with E-state index in [0.29, 0.717) is 0 Å². The van der Waals surface area contributed by atoms with Crippen LogP contribution in [0.15, 0.2) is 72.9 Å². The highest BCUT2D eigenvalue weighted by Crippen LogP contribution is 2.21. The molecule has 3 nitrogen and oxygen atoms in total. The molecule has 2 aromatic heterocycles. The summed E-state index contributed by atoms with van der Waals surface area (Å²) in [7, 11) is 0. The van der Waals surface area contributed by atoms with E-state index < -0.39 is 0 Å². The number of hydrogen-bond donors (Lipinski definition) is 0. The zero-order valence-corrected chi connectivity index (χ0v) is 14.0. The molecule has 0 fully saturated rings. The van der Waals surface area contributed by atoms with Gasteiger partial charge in [0, 0.05) is 6.20 Å². The topological polar surface area (TPSA) is 30.7 Å². The predicted molar refractivity (Wildman–Crippen MR) is 101 cm³/mol. The van der Waals surface area contributed by atoms with E-state index in [1.807, 2.05) is 59.2 Å². The monoisotopic (exact) mass is 351 g/mol. The highest BCUT2D eigenvalue weighted by atomic mass is 35.5. The van der Waals surface area contributed by atoms with E-state index in [1.165, 1.54) is 12.1 Å². The highest BCUT2D eigenvalue weighted by molar-refractivity contribution is 5.85. The van der Waals surface area contributed by atoms with Gasteiger partial charge in [-0.25, -0.2) is 14.4 Å². The molecule has 0 bridgehead atoms. The molecule has 0 amide bonds. The van der Waals surface area contributed by atoms with E-state index in [-0.39, 0.29) is 18.2 Å². The van der Waals surface area contributed by atoms with E-state index in [0.717, 1.165) is 28.2 Å². The molecule has 0 spiro atoms. The first-order valence-corrected chi connectivity index (χ1v) is 7.64. The van der Waals surface area contributed by atoms with Crippen LogP contribution in [0, 0.1) is 5.82 Å². The Balaban J connectivity index is 0.00000182. The van der Waals surface area contributed by atoms with Gasteiger partial charge in [0.25, 0.3) is 0 Å². The molecule has 4 aromatic rings. The Hall–Kier alpha value is -2.98. The lowest BCUT2D eigenvalue weighted by Gasteiger charge is -2.05. The Morgan fingerprint density at radius 2 is 1.60 bits per heavy atom. The summed E-state index contributed by atoms with van der Waals surface area (Å²) in [6.45, 7) is 0. The SMILES string of the molecule is Cl.Fc1ccc(/C=C/c2nc3ccccc3n2-c2ccccn2)cc1. The van der Waals surface area contributed by atoms with Crippen molar-refractivity contribution in [2.75, 3.05) is 0 Å². The standard InChI is InChI=1S/C20H14FN3.ClH/c21-16-11-8-15(9-12-16)10-13-20-23-17-5-1-2-6-18(17)24(20)19-7-3-4-14-22-19;/h1-14H;1H/b13-10+;. The van der Waals surface area contributed by atoms with Gasteiger partial charge in [0.2, 0.25) is 0 Å². The fraction of sp³-hybridized carbons (Fsp3) is 0. The van der Waals surface area contributed by atoms with Crippen molar-refractivity contribution in [2.24, 2.45) is 0 Å². The second-order valence-corrected chi connectivity index (χ2v) is 5.37. The van der Waals surface area contributed by atoms with Crippen molar-refractivity contribution in [2.45, 2.75) is 0 Å². The maximum atomic E-state index is 13.0. The summed E-state index contributed by atoms with van der Waals surface area (Å²) in [5, 5.41) is 0. The number of pyridine rings is 1. The molecular weight excluding hydrogens is 337 g/mol. The van der Waals surface area contributed by atoms with E-state index in [2.05, 4.69) is 9.97 Å². The van der Waals surface area contributed by atoms with E-state index >= 15 is 0 Å². The van der Waals surface area contributed by atoms with Gasteiger partial charge in [0.1, 0.15) is 17.5 Å². The molecule has 124 valence electrons. The first-order valence-electron chi connectivity index (χ1n) is 7.64. The van der Waals surface area contributed by atoms with Crippen molar-refractivity contribution < 1.29 is 4.39 Å². The molecule has 0 atom stereocenters. The van der Waals surface area contributed by atoms with Gasteiger partial charge in [-0.05, 0) is 48.0 Å². The number of hydrogen-bond acceptors (Lipinski definition) is 2. The van der Waals surface area contributed by atoms with Crippen LogP contribution in [-0.4, -0.2) is 14.5 Å². The van der Waals surface area contributed by atoms with Crippen LogP contribution in [-0.2, 0) is 0 Å². The number of aromatic nitrogens is 3. The zero-order chi connectivity index (χ0) is 16.4. The second kappa shape index (κ2) is 7.28. The summed E-state index contributed by atoms with van der Waals surface area (Å²) >= 11 is 0. The minimum Gasteiger partial charge on any atom is -0.277 e. The molecule has 2 aromatic carbocycles. The molecule has 4 rings (SSSR count). The minimum atomic E-state index is -0.243. The van der Waals surface area contributed by atoms with E-state index in [4.69, 9.17) is 0 Å². The number of nitrogens with zero attached hydrogens (tertiary/aromatic N) is 3. The summed E-state index contributed by atoms with van der Waals surface area (Å²) in [6.07, 6.45) is 5.60. The summed E-state index contributed by atoms with van der Waals surface area (Å²) in [6, 6.07) is 20.1. The number of halogens is 2. The molecule has 2 heterocycles. The van der Waals surface area contributed by atoms with Gasteiger partial charge >= 0.3 is 0 Å². The summed E-state index contributed by atoms with van der Waals surface area (Å²) < 4.78 is 15.0. The molecular formula is C20H15ClFN3. The Bertz CT molecular complexity index is 1010. The quantitative estimate of drug-likeness (QED) is 0.511. The molecule has 0 saturated heterocycles. The molecule has 0 radical (unpaired) electrons. The number of fused-ring (bicyclic) bond motifs is 1. The fourth-order valence-electron chi connectivity index (χ4n) is 2.63. The normalized spacial score (nSPS) is 10.9. The highest BCUT2D eigenvalue weighted by Gasteiger charge is 2.10. The van der Waals surface area contributed by atoms with Gasteiger partial charge in [0.15, 0.2) is 0 Å². The number of imidazole rings is 1. The zero-order valence-electron chi connectivity index (χ0n) is 13.2. The third-order valence-electron chi connectivity index (χ3n) is 3.76. The van der Waals surface area contributed by atoms with Gasteiger partial charge in [0.05, 0.1) is 11.0 Å². The second-order valence-electron chi connectivity index (χ2n) is 5.37. The molecule has 0 aliphatic heterocycles. The Morgan fingerprint density at radius 1 is 0.840 bits per heavy atom. The maximum absolute atomic E-state index is 13.0. The lowest BCUT2D eigenvalue weighted by atomic mass is 10.2. The van der Waals surface area contributed by atoms with E-state index in [1.54, 1.807) is 18.3 Å². The van der Waals surface area contributed by atoms with Gasteiger partial charge in [-0.1, -0.05) is 36.4 Å². The van der Waals surface area contributed by atoms with Crippen LogP contribution >= 0.6 is 12.4 Å². The molecule has 0 aliphatic carbocycles. The average Bonchev–Trinajstić information content (AvgIpc) is 3.00. The first kappa shape index (κ1) is 16.9. The summed E-state index contributed by atoms with van der Waals surface area (Å²) in [4.78, 5) is 9.12. The maximum Gasteiger partial charge on any atom is 0.139 e. The number of para-hydroxylation sites is 2. The smallest absolute Gasteiger partial charge is 0.139 e. The third kappa shape index (κ3) is 3.44. The van der Waals surface area contributed by atoms with E-state index in [9.17, 15) is 4.39 Å². The van der Waals surface area contributed by atoms with Crippen molar-refractivity contribution in [3.05, 3.63) is 90.1 Å². The van der Waals surface area contributed by atoms with Crippen molar-refractivity contribution >= 4 is 35.6 Å². The largest absolute Gasteiger partial charge is 0.277 e. The molecule has 5 heteroatoms. The Labute approximate surface area is 150 Å². The van der Waals surface area contributed by atoms with Crippen LogP contribution in [0.4, 0.5) is 4.39 Å². The fourth-order valence-corrected chi connectivity index (χ4v) is 2.63. The van der Waals surface area contributed by atoms with Crippen LogP contribution in [0.2, 0.25) is 0 Å².